The predicted octanol–water partition coefficient (Wildman–Crippen LogP) is 3.44. The summed E-state index contributed by atoms with van der Waals surface area (Å²) in [6.45, 7) is 0. The fourth-order valence-corrected chi connectivity index (χ4v) is 2.54. The summed E-state index contributed by atoms with van der Waals surface area (Å²) in [7, 11) is 0. The van der Waals surface area contributed by atoms with Crippen molar-refractivity contribution in [1.82, 2.24) is 9.97 Å². The summed E-state index contributed by atoms with van der Waals surface area (Å²) in [5.41, 5.74) is 9.02. The number of nitrogens with two attached hydrogens (primary N) is 1. The molecule has 0 saturated heterocycles. The third kappa shape index (κ3) is 2.37. The van der Waals surface area contributed by atoms with Gasteiger partial charge in [0.2, 0.25) is 0 Å². The van der Waals surface area contributed by atoms with Gasteiger partial charge in [-0.2, -0.15) is 0 Å². The number of nitrogens with zero attached hydrogens (tertiary/aromatic N) is 2. The molecule has 0 radical (unpaired) electrons. The van der Waals surface area contributed by atoms with Crippen LogP contribution in [0.4, 0.5) is 0 Å². The Hall–Kier alpha value is -1.78. The van der Waals surface area contributed by atoms with E-state index in [9.17, 15) is 0 Å². The number of benzene rings is 1. The van der Waals surface area contributed by atoms with Crippen molar-refractivity contribution in [2.75, 3.05) is 0 Å². The number of rotatable bonds is 2. The number of pyridine rings is 2. The van der Waals surface area contributed by atoms with E-state index in [1.165, 1.54) is 0 Å². The lowest BCUT2D eigenvalue weighted by Gasteiger charge is -2.13. The van der Waals surface area contributed by atoms with Crippen LogP contribution in [-0.4, -0.2) is 9.97 Å². The Bertz CT molecular complexity index is 727. The first-order chi connectivity index (χ1) is 9.25. The molecule has 0 saturated carbocycles. The summed E-state index contributed by atoms with van der Waals surface area (Å²) >= 11 is 3.48. The second kappa shape index (κ2) is 5.07. The van der Waals surface area contributed by atoms with E-state index < -0.39 is 0 Å². The molecule has 1 atom stereocenters. The monoisotopic (exact) mass is 313 g/mol. The molecule has 94 valence electrons. The van der Waals surface area contributed by atoms with Gasteiger partial charge in [-0.1, -0.05) is 18.2 Å². The van der Waals surface area contributed by atoms with Crippen LogP contribution in [0.3, 0.4) is 0 Å². The largest absolute Gasteiger partial charge is 0.319 e. The molecule has 3 aromatic rings. The lowest BCUT2D eigenvalue weighted by molar-refractivity contribution is 0.819. The molecule has 0 spiro atoms. The Labute approximate surface area is 119 Å². The van der Waals surface area contributed by atoms with Gasteiger partial charge in [-0.3, -0.25) is 9.97 Å². The molecule has 0 fully saturated rings. The molecule has 3 rings (SSSR count). The van der Waals surface area contributed by atoms with Crippen LogP contribution in [0, 0.1) is 0 Å². The quantitative estimate of drug-likeness (QED) is 0.788. The summed E-state index contributed by atoms with van der Waals surface area (Å²) in [5.74, 6) is 0. The van der Waals surface area contributed by atoms with Crippen LogP contribution in [0.1, 0.15) is 17.3 Å². The van der Waals surface area contributed by atoms with Crippen molar-refractivity contribution >= 4 is 26.8 Å². The second-order valence-electron chi connectivity index (χ2n) is 4.31. The topological polar surface area (TPSA) is 51.8 Å². The lowest BCUT2D eigenvalue weighted by Crippen LogP contribution is -2.14. The first-order valence-corrected chi connectivity index (χ1v) is 6.75. The molecule has 0 bridgehead atoms. The van der Waals surface area contributed by atoms with E-state index in [0.29, 0.717) is 0 Å². The SMILES string of the molecule is NC(c1cnc2ccccc2c1)c1ncccc1Br. The molecule has 2 N–H and O–H groups in total. The first kappa shape index (κ1) is 12.3. The molecule has 2 aromatic heterocycles. The fourth-order valence-electron chi connectivity index (χ4n) is 2.04. The second-order valence-corrected chi connectivity index (χ2v) is 5.16. The zero-order chi connectivity index (χ0) is 13.2. The maximum Gasteiger partial charge on any atom is 0.0758 e. The first-order valence-electron chi connectivity index (χ1n) is 5.96. The van der Waals surface area contributed by atoms with Crippen molar-refractivity contribution in [2.45, 2.75) is 6.04 Å². The van der Waals surface area contributed by atoms with Gasteiger partial charge in [0.25, 0.3) is 0 Å². The van der Waals surface area contributed by atoms with Crippen molar-refractivity contribution in [3.63, 3.8) is 0 Å². The summed E-state index contributed by atoms with van der Waals surface area (Å²) in [6, 6.07) is 13.6. The van der Waals surface area contributed by atoms with Gasteiger partial charge in [-0.15, -0.1) is 0 Å². The molecular formula is C15H12BrN3. The Morgan fingerprint density at radius 3 is 2.74 bits per heavy atom. The number of para-hydroxylation sites is 1. The van der Waals surface area contributed by atoms with Crippen LogP contribution < -0.4 is 5.73 Å². The number of halogens is 1. The summed E-state index contributed by atoms with van der Waals surface area (Å²) < 4.78 is 0.913. The lowest BCUT2D eigenvalue weighted by atomic mass is 10.0. The summed E-state index contributed by atoms with van der Waals surface area (Å²) in [4.78, 5) is 8.77. The highest BCUT2D eigenvalue weighted by Gasteiger charge is 2.14. The third-order valence-electron chi connectivity index (χ3n) is 3.05. The Morgan fingerprint density at radius 2 is 1.89 bits per heavy atom. The van der Waals surface area contributed by atoms with Crippen LogP contribution in [0.5, 0.6) is 0 Å². The van der Waals surface area contributed by atoms with E-state index in [4.69, 9.17) is 5.73 Å². The minimum Gasteiger partial charge on any atom is -0.319 e. The number of hydrogen-bond donors (Lipinski definition) is 1. The normalized spacial score (nSPS) is 12.5. The Balaban J connectivity index is 2.07. The molecule has 19 heavy (non-hydrogen) atoms. The summed E-state index contributed by atoms with van der Waals surface area (Å²) in [6.07, 6.45) is 3.56. The smallest absolute Gasteiger partial charge is 0.0758 e. The zero-order valence-electron chi connectivity index (χ0n) is 10.1. The highest BCUT2D eigenvalue weighted by atomic mass is 79.9. The van der Waals surface area contributed by atoms with Crippen molar-refractivity contribution < 1.29 is 0 Å². The van der Waals surface area contributed by atoms with E-state index in [1.54, 1.807) is 6.20 Å². The molecule has 2 heterocycles. The van der Waals surface area contributed by atoms with Gasteiger partial charge < -0.3 is 5.73 Å². The minimum atomic E-state index is -0.285. The number of fused-ring (bicyclic) bond motifs is 1. The van der Waals surface area contributed by atoms with Crippen molar-refractivity contribution in [3.05, 3.63) is 70.6 Å². The highest BCUT2D eigenvalue weighted by molar-refractivity contribution is 9.10. The molecule has 0 amide bonds. The zero-order valence-corrected chi connectivity index (χ0v) is 11.7. The molecule has 0 aliphatic carbocycles. The van der Waals surface area contributed by atoms with Gasteiger partial charge in [-0.25, -0.2) is 0 Å². The predicted molar refractivity (Wildman–Crippen MR) is 79.7 cm³/mol. The molecule has 1 aromatic carbocycles. The maximum atomic E-state index is 6.28. The van der Waals surface area contributed by atoms with Crippen molar-refractivity contribution in [1.29, 1.82) is 0 Å². The summed E-state index contributed by atoms with van der Waals surface area (Å²) in [5, 5.41) is 1.09. The molecular weight excluding hydrogens is 302 g/mol. The van der Waals surface area contributed by atoms with Crippen molar-refractivity contribution in [3.8, 4) is 0 Å². The average Bonchev–Trinajstić information content (AvgIpc) is 2.46. The van der Waals surface area contributed by atoms with Crippen molar-refractivity contribution in [2.24, 2.45) is 5.73 Å². The van der Waals surface area contributed by atoms with E-state index in [2.05, 4.69) is 32.0 Å². The average molecular weight is 314 g/mol. The molecule has 3 nitrogen and oxygen atoms in total. The number of aromatic nitrogens is 2. The van der Waals surface area contributed by atoms with E-state index in [1.807, 2.05) is 42.6 Å². The Morgan fingerprint density at radius 1 is 1.05 bits per heavy atom. The van der Waals surface area contributed by atoms with Crippen LogP contribution in [0.25, 0.3) is 10.9 Å². The fraction of sp³-hybridized carbons (Fsp3) is 0.0667. The van der Waals surface area contributed by atoms with E-state index >= 15 is 0 Å². The maximum absolute atomic E-state index is 6.28. The Kier molecular flexibility index (Phi) is 3.27. The number of hydrogen-bond acceptors (Lipinski definition) is 3. The standard InChI is InChI=1S/C15H12BrN3/c16-12-5-3-7-18-15(12)14(17)11-8-10-4-1-2-6-13(10)19-9-11/h1-9,14H,17H2. The van der Waals surface area contributed by atoms with Gasteiger partial charge in [-0.05, 0) is 45.8 Å². The van der Waals surface area contributed by atoms with Crippen LogP contribution in [0.15, 0.2) is 59.3 Å². The van der Waals surface area contributed by atoms with Gasteiger partial charge in [0, 0.05) is 22.3 Å². The van der Waals surface area contributed by atoms with Gasteiger partial charge >= 0.3 is 0 Å². The highest BCUT2D eigenvalue weighted by Crippen LogP contribution is 2.25. The molecule has 0 aliphatic rings. The van der Waals surface area contributed by atoms with E-state index in [0.717, 1.165) is 26.6 Å². The van der Waals surface area contributed by atoms with E-state index in [-0.39, 0.29) is 6.04 Å². The molecule has 4 heteroatoms. The van der Waals surface area contributed by atoms with Gasteiger partial charge in [0.05, 0.1) is 17.3 Å². The third-order valence-corrected chi connectivity index (χ3v) is 3.72. The van der Waals surface area contributed by atoms with Crippen LogP contribution in [0.2, 0.25) is 0 Å². The van der Waals surface area contributed by atoms with Gasteiger partial charge in [0.1, 0.15) is 0 Å². The van der Waals surface area contributed by atoms with Gasteiger partial charge in [0.15, 0.2) is 0 Å². The molecule has 1 unspecified atom stereocenters. The molecule has 0 aliphatic heterocycles. The van der Waals surface area contributed by atoms with Crippen LogP contribution in [-0.2, 0) is 0 Å². The minimum absolute atomic E-state index is 0.285. The van der Waals surface area contributed by atoms with Crippen LogP contribution >= 0.6 is 15.9 Å².